The number of ether oxygens (including phenoxy) is 1. The number of nitrogens with zero attached hydrogens (tertiary/aromatic N) is 1. The summed E-state index contributed by atoms with van der Waals surface area (Å²) in [6.45, 7) is 6.36. The van der Waals surface area contributed by atoms with Gasteiger partial charge in [-0.2, -0.15) is 0 Å². The van der Waals surface area contributed by atoms with Crippen LogP contribution in [0.25, 0.3) is 0 Å². The van der Waals surface area contributed by atoms with Crippen LogP contribution in [-0.2, 0) is 4.74 Å². The molecular weight excluding hydrogens is 278 g/mol. The second-order valence-corrected chi connectivity index (χ2v) is 5.61. The summed E-state index contributed by atoms with van der Waals surface area (Å²) in [5.41, 5.74) is 7.06. The Kier molecular flexibility index (Phi) is 4.61. The Morgan fingerprint density at radius 3 is 2.65 bits per heavy atom. The molecule has 2 heterocycles. The standard InChI is InChI=1S/C13H19N3O3S/c1-3-15-12(17)10-8(2)9(11(14)20-10)13(18)16-4-6-19-7-5-16/h3-7,14H2,1-2H3,(H,15,17). The van der Waals surface area contributed by atoms with Crippen molar-refractivity contribution in [2.24, 2.45) is 0 Å². The highest BCUT2D eigenvalue weighted by Gasteiger charge is 2.27. The summed E-state index contributed by atoms with van der Waals surface area (Å²) < 4.78 is 5.23. The fourth-order valence-electron chi connectivity index (χ4n) is 2.18. The largest absolute Gasteiger partial charge is 0.390 e. The van der Waals surface area contributed by atoms with Gasteiger partial charge in [-0.05, 0) is 19.4 Å². The minimum Gasteiger partial charge on any atom is -0.390 e. The Hall–Kier alpha value is -1.60. The molecule has 2 amide bonds. The van der Waals surface area contributed by atoms with E-state index >= 15 is 0 Å². The van der Waals surface area contributed by atoms with Crippen molar-refractivity contribution in [1.82, 2.24) is 10.2 Å². The highest BCUT2D eigenvalue weighted by Crippen LogP contribution is 2.31. The topological polar surface area (TPSA) is 84.7 Å². The lowest BCUT2D eigenvalue weighted by Crippen LogP contribution is -2.41. The van der Waals surface area contributed by atoms with Crippen LogP contribution in [0.1, 0.15) is 32.5 Å². The molecule has 1 aliphatic heterocycles. The van der Waals surface area contributed by atoms with Crippen LogP contribution >= 0.6 is 11.3 Å². The Balaban J connectivity index is 2.27. The van der Waals surface area contributed by atoms with Crippen molar-refractivity contribution in [3.63, 3.8) is 0 Å². The maximum atomic E-state index is 12.5. The van der Waals surface area contributed by atoms with E-state index in [0.717, 1.165) is 0 Å². The molecule has 6 nitrogen and oxygen atoms in total. The maximum absolute atomic E-state index is 12.5. The summed E-state index contributed by atoms with van der Waals surface area (Å²) in [7, 11) is 0. The van der Waals surface area contributed by atoms with Crippen molar-refractivity contribution in [1.29, 1.82) is 0 Å². The van der Waals surface area contributed by atoms with Gasteiger partial charge in [0.2, 0.25) is 0 Å². The van der Waals surface area contributed by atoms with Gasteiger partial charge < -0.3 is 20.7 Å². The summed E-state index contributed by atoms with van der Waals surface area (Å²) in [6, 6.07) is 0. The number of nitrogens with one attached hydrogen (secondary N) is 1. The van der Waals surface area contributed by atoms with Crippen molar-refractivity contribution in [3.8, 4) is 0 Å². The number of rotatable bonds is 3. The lowest BCUT2D eigenvalue weighted by molar-refractivity contribution is 0.0303. The fourth-order valence-corrected chi connectivity index (χ4v) is 3.17. The van der Waals surface area contributed by atoms with E-state index in [1.165, 1.54) is 11.3 Å². The molecule has 0 atom stereocenters. The van der Waals surface area contributed by atoms with Gasteiger partial charge >= 0.3 is 0 Å². The van der Waals surface area contributed by atoms with Crippen molar-refractivity contribution in [2.45, 2.75) is 13.8 Å². The van der Waals surface area contributed by atoms with Crippen LogP contribution in [0.4, 0.5) is 5.00 Å². The summed E-state index contributed by atoms with van der Waals surface area (Å²) in [5.74, 6) is -0.294. The molecule has 1 aromatic heterocycles. The molecule has 0 saturated carbocycles. The molecular formula is C13H19N3O3S. The van der Waals surface area contributed by atoms with Gasteiger partial charge in [0.25, 0.3) is 11.8 Å². The van der Waals surface area contributed by atoms with Crippen molar-refractivity contribution in [2.75, 3.05) is 38.6 Å². The fraction of sp³-hybridized carbons (Fsp3) is 0.538. The summed E-state index contributed by atoms with van der Waals surface area (Å²) >= 11 is 1.17. The van der Waals surface area contributed by atoms with Crippen LogP contribution in [-0.4, -0.2) is 49.6 Å². The van der Waals surface area contributed by atoms with E-state index in [-0.39, 0.29) is 11.8 Å². The molecule has 3 N–H and O–H groups in total. The zero-order valence-electron chi connectivity index (χ0n) is 11.7. The molecule has 7 heteroatoms. The highest BCUT2D eigenvalue weighted by molar-refractivity contribution is 7.18. The van der Waals surface area contributed by atoms with E-state index in [2.05, 4.69) is 5.32 Å². The second-order valence-electron chi connectivity index (χ2n) is 4.56. The molecule has 20 heavy (non-hydrogen) atoms. The summed E-state index contributed by atoms with van der Waals surface area (Å²) in [5, 5.41) is 3.14. The molecule has 0 spiro atoms. The third-order valence-electron chi connectivity index (χ3n) is 3.23. The second kappa shape index (κ2) is 6.23. The van der Waals surface area contributed by atoms with E-state index < -0.39 is 0 Å². The predicted molar refractivity (Wildman–Crippen MR) is 78.2 cm³/mol. The average molecular weight is 297 g/mol. The first kappa shape index (κ1) is 14.8. The van der Waals surface area contributed by atoms with Crippen molar-refractivity contribution in [3.05, 3.63) is 16.0 Å². The first-order valence-electron chi connectivity index (χ1n) is 6.60. The number of nitrogen functional groups attached to an aromatic ring is 1. The number of anilines is 1. The van der Waals surface area contributed by atoms with Crippen LogP contribution in [0.5, 0.6) is 0 Å². The number of morpholine rings is 1. The van der Waals surface area contributed by atoms with Crippen molar-refractivity contribution >= 4 is 28.2 Å². The SMILES string of the molecule is CCNC(=O)c1sc(N)c(C(=O)N2CCOCC2)c1C. The molecule has 110 valence electrons. The minimum absolute atomic E-state index is 0.116. The number of carbonyl (C=O) groups excluding carboxylic acids is 2. The van der Waals surface area contributed by atoms with E-state index in [9.17, 15) is 9.59 Å². The number of hydrogen-bond donors (Lipinski definition) is 2. The van der Waals surface area contributed by atoms with Crippen molar-refractivity contribution < 1.29 is 14.3 Å². The number of amides is 2. The predicted octanol–water partition coefficient (Wildman–Crippen LogP) is 0.861. The van der Waals surface area contributed by atoms with Gasteiger partial charge in [-0.25, -0.2) is 0 Å². The molecule has 1 aliphatic rings. The van der Waals surface area contributed by atoms with Gasteiger partial charge in [-0.15, -0.1) is 11.3 Å². The van der Waals surface area contributed by atoms with Gasteiger partial charge in [-0.1, -0.05) is 0 Å². The molecule has 1 aromatic rings. The molecule has 0 aliphatic carbocycles. The smallest absolute Gasteiger partial charge is 0.261 e. The number of nitrogens with two attached hydrogens (primary N) is 1. The Morgan fingerprint density at radius 2 is 2.05 bits per heavy atom. The van der Waals surface area contributed by atoms with E-state index in [0.29, 0.717) is 53.9 Å². The molecule has 0 radical (unpaired) electrons. The molecule has 0 aromatic carbocycles. The zero-order valence-corrected chi connectivity index (χ0v) is 12.5. The lowest BCUT2D eigenvalue weighted by atomic mass is 10.1. The Morgan fingerprint density at radius 1 is 1.40 bits per heavy atom. The highest BCUT2D eigenvalue weighted by atomic mass is 32.1. The summed E-state index contributed by atoms with van der Waals surface area (Å²) in [4.78, 5) is 26.7. The van der Waals surface area contributed by atoms with E-state index in [1.54, 1.807) is 11.8 Å². The first-order chi connectivity index (χ1) is 9.56. The molecule has 2 rings (SSSR count). The quantitative estimate of drug-likeness (QED) is 0.866. The Labute approximate surface area is 121 Å². The van der Waals surface area contributed by atoms with Crippen LogP contribution in [0.15, 0.2) is 0 Å². The molecule has 0 unspecified atom stereocenters. The van der Waals surface area contributed by atoms with Crippen LogP contribution in [0, 0.1) is 6.92 Å². The Bertz CT molecular complexity index is 521. The lowest BCUT2D eigenvalue weighted by Gasteiger charge is -2.27. The van der Waals surface area contributed by atoms with E-state index in [1.807, 2.05) is 6.92 Å². The van der Waals surface area contributed by atoms with Gasteiger partial charge in [0.1, 0.15) is 0 Å². The average Bonchev–Trinajstić information content (AvgIpc) is 2.75. The monoisotopic (exact) mass is 297 g/mol. The van der Waals surface area contributed by atoms with Crippen LogP contribution in [0.3, 0.4) is 0 Å². The maximum Gasteiger partial charge on any atom is 0.261 e. The number of thiophene rings is 1. The van der Waals surface area contributed by atoms with E-state index in [4.69, 9.17) is 10.5 Å². The summed E-state index contributed by atoms with van der Waals surface area (Å²) in [6.07, 6.45) is 0. The molecule has 1 fully saturated rings. The van der Waals surface area contributed by atoms with Crippen LogP contribution < -0.4 is 11.1 Å². The van der Waals surface area contributed by atoms with Crippen LogP contribution in [0.2, 0.25) is 0 Å². The number of carbonyl (C=O) groups is 2. The zero-order chi connectivity index (χ0) is 14.7. The number of hydrogen-bond acceptors (Lipinski definition) is 5. The van der Waals surface area contributed by atoms with Gasteiger partial charge in [0.15, 0.2) is 0 Å². The third-order valence-corrected chi connectivity index (χ3v) is 4.35. The first-order valence-corrected chi connectivity index (χ1v) is 7.42. The minimum atomic E-state index is -0.178. The van der Waals surface area contributed by atoms with Gasteiger partial charge in [-0.3, -0.25) is 9.59 Å². The molecule has 0 bridgehead atoms. The third kappa shape index (κ3) is 2.78. The normalized spacial score (nSPS) is 15.2. The molecule has 1 saturated heterocycles. The van der Waals surface area contributed by atoms with Gasteiger partial charge in [0, 0.05) is 19.6 Å². The van der Waals surface area contributed by atoms with Gasteiger partial charge in [0.05, 0.1) is 28.7 Å².